The first kappa shape index (κ1) is 16.7. The topological polar surface area (TPSA) is 93.5 Å². The van der Waals surface area contributed by atoms with Gasteiger partial charge in [0, 0.05) is 11.6 Å². The maximum absolute atomic E-state index is 12.6. The number of hydrogen-bond donors (Lipinski definition) is 2. The SMILES string of the molecule is Cc1cccc(C)c1-c1noc(C)c1C(=O)NC(N)=NC(C)C. The third-order valence-corrected chi connectivity index (χ3v) is 3.45. The van der Waals surface area contributed by atoms with Crippen LogP contribution < -0.4 is 11.1 Å². The third-order valence-electron chi connectivity index (χ3n) is 3.45. The van der Waals surface area contributed by atoms with Crippen LogP contribution in [0.3, 0.4) is 0 Å². The van der Waals surface area contributed by atoms with Gasteiger partial charge >= 0.3 is 0 Å². The average molecular weight is 314 g/mol. The zero-order chi connectivity index (χ0) is 17.1. The van der Waals surface area contributed by atoms with Gasteiger partial charge in [0.2, 0.25) is 0 Å². The Morgan fingerprint density at radius 1 is 1.26 bits per heavy atom. The van der Waals surface area contributed by atoms with Crippen LogP contribution in [0.25, 0.3) is 11.3 Å². The molecule has 23 heavy (non-hydrogen) atoms. The van der Waals surface area contributed by atoms with E-state index in [1.807, 2.05) is 45.9 Å². The molecule has 0 aliphatic heterocycles. The Morgan fingerprint density at radius 3 is 2.43 bits per heavy atom. The zero-order valence-corrected chi connectivity index (χ0v) is 14.1. The summed E-state index contributed by atoms with van der Waals surface area (Å²) < 4.78 is 5.25. The Hall–Kier alpha value is -2.63. The summed E-state index contributed by atoms with van der Waals surface area (Å²) in [6.45, 7) is 9.41. The molecule has 6 heteroatoms. The molecule has 0 bridgehead atoms. The summed E-state index contributed by atoms with van der Waals surface area (Å²) in [6.07, 6.45) is 0. The van der Waals surface area contributed by atoms with Crippen molar-refractivity contribution in [3.8, 4) is 11.3 Å². The van der Waals surface area contributed by atoms with Crippen molar-refractivity contribution in [2.75, 3.05) is 0 Å². The second-order valence-corrected chi connectivity index (χ2v) is 5.79. The minimum absolute atomic E-state index is 0.00282. The third kappa shape index (κ3) is 3.59. The van der Waals surface area contributed by atoms with Gasteiger partial charge < -0.3 is 10.3 Å². The second kappa shape index (κ2) is 6.64. The largest absolute Gasteiger partial charge is 0.370 e. The Kier molecular flexibility index (Phi) is 4.83. The number of aromatic nitrogens is 1. The molecular weight excluding hydrogens is 292 g/mol. The molecule has 122 valence electrons. The first-order valence-corrected chi connectivity index (χ1v) is 7.48. The highest BCUT2D eigenvalue weighted by molar-refractivity contribution is 6.09. The van der Waals surface area contributed by atoms with Gasteiger partial charge in [-0.1, -0.05) is 23.4 Å². The molecule has 1 heterocycles. The summed E-state index contributed by atoms with van der Waals surface area (Å²) in [4.78, 5) is 16.7. The average Bonchev–Trinajstić information content (AvgIpc) is 2.79. The number of hydrogen-bond acceptors (Lipinski definition) is 4. The molecule has 0 radical (unpaired) electrons. The van der Waals surface area contributed by atoms with Crippen LogP contribution in [0, 0.1) is 20.8 Å². The monoisotopic (exact) mass is 314 g/mol. The Balaban J connectivity index is 2.46. The number of aryl methyl sites for hydroxylation is 3. The minimum Gasteiger partial charge on any atom is -0.370 e. The van der Waals surface area contributed by atoms with Gasteiger partial charge in [0.05, 0.1) is 0 Å². The molecule has 0 saturated carbocycles. The van der Waals surface area contributed by atoms with Gasteiger partial charge in [0.1, 0.15) is 17.0 Å². The van der Waals surface area contributed by atoms with Crippen molar-refractivity contribution in [3.63, 3.8) is 0 Å². The predicted octanol–water partition coefficient (Wildman–Crippen LogP) is 2.72. The lowest BCUT2D eigenvalue weighted by Gasteiger charge is -2.09. The number of carbonyl (C=O) groups is 1. The standard InChI is InChI=1S/C17H22N4O2/c1-9(2)19-17(18)20-16(22)14-12(5)23-21-15(14)13-10(3)7-6-8-11(13)4/h6-9H,1-5H3,(H3,18,19,20,22). The molecule has 3 N–H and O–H groups in total. The van der Waals surface area contributed by atoms with E-state index >= 15 is 0 Å². The lowest BCUT2D eigenvalue weighted by atomic mass is 9.96. The molecule has 0 saturated heterocycles. The van der Waals surface area contributed by atoms with Gasteiger partial charge in [-0.3, -0.25) is 15.1 Å². The van der Waals surface area contributed by atoms with E-state index in [0.717, 1.165) is 16.7 Å². The number of amides is 1. The first-order chi connectivity index (χ1) is 10.8. The summed E-state index contributed by atoms with van der Waals surface area (Å²) in [5.41, 5.74) is 9.59. The zero-order valence-electron chi connectivity index (χ0n) is 14.1. The molecule has 0 fully saturated rings. The van der Waals surface area contributed by atoms with Gasteiger partial charge in [-0.15, -0.1) is 0 Å². The quantitative estimate of drug-likeness (QED) is 0.673. The molecule has 2 rings (SSSR count). The molecule has 1 aromatic carbocycles. The Morgan fingerprint density at radius 2 is 1.87 bits per heavy atom. The number of carbonyl (C=O) groups excluding carboxylic acids is 1. The molecule has 0 atom stereocenters. The van der Waals surface area contributed by atoms with E-state index in [1.165, 1.54) is 0 Å². The fourth-order valence-corrected chi connectivity index (χ4v) is 2.49. The maximum atomic E-state index is 12.6. The van der Waals surface area contributed by atoms with Gasteiger partial charge in [0.15, 0.2) is 5.96 Å². The van der Waals surface area contributed by atoms with Gasteiger partial charge in [-0.25, -0.2) is 0 Å². The highest BCUT2D eigenvalue weighted by Crippen LogP contribution is 2.30. The van der Waals surface area contributed by atoms with E-state index in [9.17, 15) is 4.79 Å². The smallest absolute Gasteiger partial charge is 0.263 e. The number of nitrogens with zero attached hydrogens (tertiary/aromatic N) is 2. The number of aliphatic imine (C=N–C) groups is 1. The number of nitrogens with two attached hydrogens (primary N) is 1. The van der Waals surface area contributed by atoms with Crippen LogP contribution in [0.2, 0.25) is 0 Å². The van der Waals surface area contributed by atoms with Crippen LogP contribution in [-0.2, 0) is 0 Å². The molecule has 1 aromatic heterocycles. The second-order valence-electron chi connectivity index (χ2n) is 5.79. The Labute approximate surface area is 135 Å². The van der Waals surface area contributed by atoms with Crippen LogP contribution in [0.1, 0.15) is 41.1 Å². The predicted molar refractivity (Wildman–Crippen MR) is 90.4 cm³/mol. The van der Waals surface area contributed by atoms with E-state index in [4.69, 9.17) is 10.3 Å². The summed E-state index contributed by atoms with van der Waals surface area (Å²) >= 11 is 0. The van der Waals surface area contributed by atoms with Crippen molar-refractivity contribution < 1.29 is 9.32 Å². The van der Waals surface area contributed by atoms with Gasteiger partial charge in [-0.05, 0) is 45.7 Å². The summed E-state index contributed by atoms with van der Waals surface area (Å²) in [5.74, 6) is 0.152. The van der Waals surface area contributed by atoms with Crippen molar-refractivity contribution in [2.24, 2.45) is 10.7 Å². The van der Waals surface area contributed by atoms with Crippen LogP contribution in [0.4, 0.5) is 0 Å². The molecule has 0 aliphatic carbocycles. The number of benzene rings is 1. The maximum Gasteiger partial charge on any atom is 0.263 e. The van der Waals surface area contributed by atoms with E-state index in [1.54, 1.807) is 6.92 Å². The van der Waals surface area contributed by atoms with E-state index in [-0.39, 0.29) is 17.9 Å². The molecule has 0 spiro atoms. The highest BCUT2D eigenvalue weighted by atomic mass is 16.5. The van der Waals surface area contributed by atoms with Crippen molar-refractivity contribution >= 4 is 11.9 Å². The molecule has 1 amide bonds. The van der Waals surface area contributed by atoms with Crippen molar-refractivity contribution in [3.05, 3.63) is 40.6 Å². The number of nitrogens with one attached hydrogen (secondary N) is 1. The normalized spacial score (nSPS) is 11.8. The fourth-order valence-electron chi connectivity index (χ4n) is 2.49. The highest BCUT2D eigenvalue weighted by Gasteiger charge is 2.24. The van der Waals surface area contributed by atoms with Gasteiger partial charge in [0.25, 0.3) is 5.91 Å². The van der Waals surface area contributed by atoms with E-state index in [0.29, 0.717) is 17.0 Å². The van der Waals surface area contributed by atoms with Crippen LogP contribution >= 0.6 is 0 Å². The number of guanidine groups is 1. The van der Waals surface area contributed by atoms with Crippen LogP contribution in [0.5, 0.6) is 0 Å². The fraction of sp³-hybridized carbons (Fsp3) is 0.353. The summed E-state index contributed by atoms with van der Waals surface area (Å²) in [6, 6.07) is 5.91. The number of rotatable bonds is 3. The lowest BCUT2D eigenvalue weighted by Crippen LogP contribution is -2.37. The molecule has 6 nitrogen and oxygen atoms in total. The van der Waals surface area contributed by atoms with Crippen LogP contribution in [-0.4, -0.2) is 23.1 Å². The molecule has 0 aliphatic rings. The first-order valence-electron chi connectivity index (χ1n) is 7.48. The van der Waals surface area contributed by atoms with Crippen molar-refractivity contribution in [1.29, 1.82) is 0 Å². The van der Waals surface area contributed by atoms with Crippen molar-refractivity contribution in [1.82, 2.24) is 10.5 Å². The molecule has 0 unspecified atom stereocenters. The minimum atomic E-state index is -0.372. The summed E-state index contributed by atoms with van der Waals surface area (Å²) in [5, 5.41) is 6.67. The Bertz CT molecular complexity index is 740. The van der Waals surface area contributed by atoms with Crippen LogP contribution in [0.15, 0.2) is 27.7 Å². The van der Waals surface area contributed by atoms with Gasteiger partial charge in [-0.2, -0.15) is 0 Å². The van der Waals surface area contributed by atoms with Crippen molar-refractivity contribution in [2.45, 2.75) is 40.7 Å². The van der Waals surface area contributed by atoms with E-state index in [2.05, 4.69) is 15.5 Å². The van der Waals surface area contributed by atoms with E-state index < -0.39 is 0 Å². The summed E-state index contributed by atoms with van der Waals surface area (Å²) in [7, 11) is 0. The molecule has 2 aromatic rings. The lowest BCUT2D eigenvalue weighted by molar-refractivity contribution is 0.0975. The molecular formula is C17H22N4O2.